The van der Waals surface area contributed by atoms with Gasteiger partial charge in [-0.05, 0) is 75.0 Å². The Balaban J connectivity index is 2.12. The highest BCUT2D eigenvalue weighted by molar-refractivity contribution is 5.69. The van der Waals surface area contributed by atoms with E-state index in [-0.39, 0.29) is 60.3 Å². The first-order valence-electron chi connectivity index (χ1n) is 22.5. The van der Waals surface area contributed by atoms with Crippen molar-refractivity contribution >= 4 is 5.97 Å². The van der Waals surface area contributed by atoms with Gasteiger partial charge in [0, 0.05) is 13.0 Å². The number of hydrogen-bond donors (Lipinski definition) is 1. The van der Waals surface area contributed by atoms with E-state index in [4.69, 9.17) is 28.4 Å². The number of phenolic OH excluding ortho intramolecular Hbond substituents is 1. The van der Waals surface area contributed by atoms with Gasteiger partial charge in [0.25, 0.3) is 0 Å². The van der Waals surface area contributed by atoms with Crippen LogP contribution in [0.2, 0.25) is 0 Å². The molecule has 0 radical (unpaired) electrons. The number of ether oxygens (including phenoxy) is 6. The summed E-state index contributed by atoms with van der Waals surface area (Å²) in [7, 11) is 0. The van der Waals surface area contributed by atoms with Gasteiger partial charge in [0.2, 0.25) is 0 Å². The van der Waals surface area contributed by atoms with E-state index in [1.165, 1.54) is 83.5 Å². The van der Waals surface area contributed by atoms with Crippen molar-refractivity contribution < 1.29 is 38.3 Å². The molecule has 1 aromatic carbocycles. The Morgan fingerprint density at radius 2 is 0.875 bits per heavy atom. The molecule has 1 N–H and O–H groups in total. The number of carbonyl (C=O) groups is 1. The first-order chi connectivity index (χ1) is 26.4. The minimum absolute atomic E-state index is 0.0307. The molecule has 1 rings (SSSR count). The number of esters is 1. The summed E-state index contributed by atoms with van der Waals surface area (Å²) in [4.78, 5) is 12.6. The molecule has 0 bridgehead atoms. The van der Waals surface area contributed by atoms with Gasteiger partial charge in [0.1, 0.15) is 12.4 Å². The second-order valence-corrected chi connectivity index (χ2v) is 18.6. The lowest BCUT2D eigenvalue weighted by Crippen LogP contribution is -2.29. The molecule has 56 heavy (non-hydrogen) atoms. The Hall–Kier alpha value is -1.71. The van der Waals surface area contributed by atoms with Gasteiger partial charge in [0.05, 0.1) is 56.9 Å². The van der Waals surface area contributed by atoms with E-state index in [0.717, 1.165) is 29.7 Å². The SMILES string of the molecule is CCCCCCCCCCCCCCCCOC(C)COC(C)COC(C)COC(C)COC(C)COC(=O)CCc1cc(C(C)(C)C)c(O)c(C(C)(C)C)c1. The number of carbonyl (C=O) groups excluding carboxylic acids is 1. The standard InChI is InChI=1S/C48H88O8/c1-13-14-15-16-17-18-19-20-21-22-23-24-25-26-29-51-37(2)32-52-38(3)33-53-39(4)34-54-40(5)35-55-41(6)36-56-45(49)28-27-42-30-43(47(7,8)9)46(50)44(31-42)48(10,11)12/h30-31,37-41,50H,13-29,32-36H2,1-12H3. The summed E-state index contributed by atoms with van der Waals surface area (Å²) in [5.41, 5.74) is 2.38. The van der Waals surface area contributed by atoms with Gasteiger partial charge in [-0.15, -0.1) is 0 Å². The molecule has 0 fully saturated rings. The first kappa shape index (κ1) is 52.3. The fourth-order valence-electron chi connectivity index (χ4n) is 6.53. The number of phenols is 1. The predicted octanol–water partition coefficient (Wildman–Crippen LogP) is 12.0. The van der Waals surface area contributed by atoms with Gasteiger partial charge in [0.15, 0.2) is 0 Å². The smallest absolute Gasteiger partial charge is 0.306 e. The van der Waals surface area contributed by atoms with Gasteiger partial charge in [-0.1, -0.05) is 144 Å². The lowest BCUT2D eigenvalue weighted by atomic mass is 9.78. The van der Waals surface area contributed by atoms with E-state index in [9.17, 15) is 9.90 Å². The molecule has 8 nitrogen and oxygen atoms in total. The molecule has 0 saturated carbocycles. The molecule has 0 aliphatic rings. The number of hydrogen-bond acceptors (Lipinski definition) is 8. The monoisotopic (exact) mass is 793 g/mol. The van der Waals surface area contributed by atoms with Crippen LogP contribution in [-0.2, 0) is 50.5 Å². The van der Waals surface area contributed by atoms with Crippen molar-refractivity contribution in [1.29, 1.82) is 0 Å². The highest BCUT2D eigenvalue weighted by atomic mass is 16.6. The van der Waals surface area contributed by atoms with E-state index in [2.05, 4.69) is 55.4 Å². The Morgan fingerprint density at radius 3 is 1.25 bits per heavy atom. The summed E-state index contributed by atoms with van der Waals surface area (Å²) >= 11 is 0. The number of aryl methyl sites for hydroxylation is 1. The number of unbranched alkanes of at least 4 members (excludes halogenated alkanes) is 13. The topological polar surface area (TPSA) is 92.7 Å². The van der Waals surface area contributed by atoms with Crippen LogP contribution in [0.3, 0.4) is 0 Å². The highest BCUT2D eigenvalue weighted by Crippen LogP contribution is 2.40. The molecule has 5 atom stereocenters. The third-order valence-corrected chi connectivity index (χ3v) is 10.2. The molecule has 328 valence electrons. The Labute approximate surface area is 344 Å². The van der Waals surface area contributed by atoms with Gasteiger partial charge < -0.3 is 33.5 Å². The maximum atomic E-state index is 12.6. The van der Waals surface area contributed by atoms with E-state index in [1.807, 2.05) is 39.8 Å². The number of rotatable bonds is 33. The summed E-state index contributed by atoms with van der Waals surface area (Å²) in [6, 6.07) is 4.04. The van der Waals surface area contributed by atoms with Crippen LogP contribution < -0.4 is 0 Å². The van der Waals surface area contributed by atoms with Crippen LogP contribution in [-0.4, -0.2) is 81.2 Å². The van der Waals surface area contributed by atoms with Gasteiger partial charge in [-0.3, -0.25) is 4.79 Å². The molecule has 0 saturated heterocycles. The average molecular weight is 793 g/mol. The zero-order chi connectivity index (χ0) is 42.0. The quantitative estimate of drug-likeness (QED) is 0.0556. The third-order valence-electron chi connectivity index (χ3n) is 10.2. The Bertz CT molecular complexity index is 1100. The molecule has 0 spiro atoms. The fourth-order valence-corrected chi connectivity index (χ4v) is 6.53. The summed E-state index contributed by atoms with van der Waals surface area (Å²) in [5.74, 6) is 0.0808. The number of aromatic hydroxyl groups is 1. The zero-order valence-corrected chi connectivity index (χ0v) is 38.4. The zero-order valence-electron chi connectivity index (χ0n) is 38.4. The van der Waals surface area contributed by atoms with Crippen molar-refractivity contribution in [3.05, 3.63) is 28.8 Å². The molecule has 0 aromatic heterocycles. The number of benzene rings is 1. The van der Waals surface area contributed by atoms with Crippen LogP contribution in [0.15, 0.2) is 12.1 Å². The van der Waals surface area contributed by atoms with Crippen LogP contribution in [0.4, 0.5) is 0 Å². The van der Waals surface area contributed by atoms with Crippen LogP contribution in [0.5, 0.6) is 5.75 Å². The van der Waals surface area contributed by atoms with Gasteiger partial charge in [-0.25, -0.2) is 0 Å². The van der Waals surface area contributed by atoms with Crippen molar-refractivity contribution in [1.82, 2.24) is 0 Å². The third kappa shape index (κ3) is 25.6. The van der Waals surface area contributed by atoms with E-state index < -0.39 is 0 Å². The van der Waals surface area contributed by atoms with Crippen LogP contribution >= 0.6 is 0 Å². The van der Waals surface area contributed by atoms with Crippen molar-refractivity contribution in [2.45, 2.75) is 227 Å². The molecule has 0 heterocycles. The fraction of sp³-hybridized carbons (Fsp3) is 0.854. The summed E-state index contributed by atoms with van der Waals surface area (Å²) in [5, 5.41) is 11.0. The lowest BCUT2D eigenvalue weighted by Gasteiger charge is -2.28. The largest absolute Gasteiger partial charge is 0.507 e. The summed E-state index contributed by atoms with van der Waals surface area (Å²) < 4.78 is 35.3. The van der Waals surface area contributed by atoms with E-state index >= 15 is 0 Å². The molecule has 0 aliphatic heterocycles. The first-order valence-corrected chi connectivity index (χ1v) is 22.5. The van der Waals surface area contributed by atoms with E-state index in [0.29, 0.717) is 38.6 Å². The van der Waals surface area contributed by atoms with Gasteiger partial charge in [-0.2, -0.15) is 0 Å². The van der Waals surface area contributed by atoms with Crippen LogP contribution in [0, 0.1) is 0 Å². The molecule has 8 heteroatoms. The van der Waals surface area contributed by atoms with Crippen molar-refractivity contribution in [3.8, 4) is 5.75 Å². The maximum Gasteiger partial charge on any atom is 0.306 e. The molecular formula is C48H88O8. The minimum atomic E-state index is -0.265. The minimum Gasteiger partial charge on any atom is -0.507 e. The predicted molar refractivity (Wildman–Crippen MR) is 232 cm³/mol. The summed E-state index contributed by atoms with van der Waals surface area (Å²) in [6.07, 6.45) is 19.4. The maximum absolute atomic E-state index is 12.6. The van der Waals surface area contributed by atoms with Crippen LogP contribution in [0.1, 0.15) is 196 Å². The lowest BCUT2D eigenvalue weighted by molar-refractivity contribution is -0.148. The van der Waals surface area contributed by atoms with Gasteiger partial charge >= 0.3 is 5.97 Å². The molecular weight excluding hydrogens is 705 g/mol. The van der Waals surface area contributed by atoms with E-state index in [1.54, 1.807) is 0 Å². The van der Waals surface area contributed by atoms with Crippen molar-refractivity contribution in [2.24, 2.45) is 0 Å². The molecule has 1 aromatic rings. The average Bonchev–Trinajstić information content (AvgIpc) is 3.13. The Kier molecular flexibility index (Phi) is 27.5. The second kappa shape index (κ2) is 29.5. The molecule has 5 unspecified atom stereocenters. The molecule has 0 amide bonds. The second-order valence-electron chi connectivity index (χ2n) is 18.6. The van der Waals surface area contributed by atoms with Crippen molar-refractivity contribution in [2.75, 3.05) is 39.6 Å². The van der Waals surface area contributed by atoms with Crippen LogP contribution in [0.25, 0.3) is 0 Å². The highest BCUT2D eigenvalue weighted by Gasteiger charge is 2.26. The Morgan fingerprint density at radius 1 is 0.536 bits per heavy atom. The molecule has 0 aliphatic carbocycles. The van der Waals surface area contributed by atoms with Crippen molar-refractivity contribution in [3.63, 3.8) is 0 Å². The summed E-state index contributed by atoms with van der Waals surface area (Å²) in [6.45, 7) is 27.6. The normalized spacial score (nSPS) is 15.1.